The first-order chi connectivity index (χ1) is 8.89. The van der Waals surface area contributed by atoms with E-state index in [1.807, 2.05) is 13.8 Å². The number of benzene rings is 1. The van der Waals surface area contributed by atoms with Crippen LogP contribution in [-0.4, -0.2) is 32.4 Å². The number of nitrogens with two attached hydrogens (primary N) is 1. The number of hydrogen-bond acceptors (Lipinski definition) is 5. The molecule has 106 valence electrons. The van der Waals surface area contributed by atoms with Gasteiger partial charge in [-0.3, -0.25) is 0 Å². The van der Waals surface area contributed by atoms with Gasteiger partial charge in [-0.15, -0.1) is 0 Å². The predicted molar refractivity (Wildman–Crippen MR) is 73.4 cm³/mol. The topological polar surface area (TPSA) is 70.8 Å². The van der Waals surface area contributed by atoms with E-state index in [-0.39, 0.29) is 5.60 Å². The second-order valence-corrected chi connectivity index (χ2v) is 4.81. The second-order valence-electron chi connectivity index (χ2n) is 4.81. The molecule has 1 rings (SSSR count). The number of ether oxygens (including phenoxy) is 3. The molecule has 0 atom stereocenters. The molecule has 0 aliphatic carbocycles. The number of anilines is 1. The molecule has 1 aromatic rings. The van der Waals surface area contributed by atoms with Crippen molar-refractivity contribution in [2.45, 2.75) is 25.9 Å². The summed E-state index contributed by atoms with van der Waals surface area (Å²) in [7, 11) is 2.99. The Hall–Kier alpha value is -1.75. The van der Waals surface area contributed by atoms with Gasteiger partial charge in [-0.1, -0.05) is 0 Å². The molecule has 0 spiro atoms. The van der Waals surface area contributed by atoms with Gasteiger partial charge in [0.2, 0.25) is 0 Å². The molecule has 0 bridgehead atoms. The summed E-state index contributed by atoms with van der Waals surface area (Å²) in [5.74, 6) is 0.0666. The Labute approximate surface area is 113 Å². The Balaban J connectivity index is 2.70. The number of methoxy groups -OCH3 is 2. The third kappa shape index (κ3) is 4.44. The molecule has 0 radical (unpaired) electrons. The number of esters is 1. The van der Waals surface area contributed by atoms with E-state index in [2.05, 4.69) is 4.74 Å². The van der Waals surface area contributed by atoms with Crippen LogP contribution in [0.1, 0.15) is 30.6 Å². The third-order valence-electron chi connectivity index (χ3n) is 2.95. The Kier molecular flexibility index (Phi) is 5.18. The maximum atomic E-state index is 11.4. The van der Waals surface area contributed by atoms with E-state index >= 15 is 0 Å². The molecule has 5 heteroatoms. The Bertz CT molecular complexity index is 443. The monoisotopic (exact) mass is 267 g/mol. The van der Waals surface area contributed by atoms with E-state index in [9.17, 15) is 4.79 Å². The quantitative estimate of drug-likeness (QED) is 0.632. The fourth-order valence-electron chi connectivity index (χ4n) is 1.41. The van der Waals surface area contributed by atoms with Gasteiger partial charge in [0, 0.05) is 13.5 Å². The molecular formula is C14H21NO4. The molecule has 0 unspecified atom stereocenters. The summed E-state index contributed by atoms with van der Waals surface area (Å²) in [6.45, 7) is 4.41. The molecule has 5 nitrogen and oxygen atoms in total. The highest BCUT2D eigenvalue weighted by atomic mass is 16.5. The normalized spacial score (nSPS) is 11.2. The minimum Gasteiger partial charge on any atom is -0.491 e. The lowest BCUT2D eigenvalue weighted by Crippen LogP contribution is -2.25. The van der Waals surface area contributed by atoms with Crippen molar-refractivity contribution >= 4 is 11.7 Å². The van der Waals surface area contributed by atoms with Crippen LogP contribution in [-0.2, 0) is 9.47 Å². The summed E-state index contributed by atoms with van der Waals surface area (Å²) in [5, 5.41) is 0. The van der Waals surface area contributed by atoms with Gasteiger partial charge < -0.3 is 19.9 Å². The van der Waals surface area contributed by atoms with E-state index < -0.39 is 5.97 Å². The Morgan fingerprint density at radius 1 is 1.32 bits per heavy atom. The number of rotatable bonds is 6. The summed E-state index contributed by atoms with van der Waals surface area (Å²) in [6, 6.07) is 4.82. The first-order valence-corrected chi connectivity index (χ1v) is 6.05. The van der Waals surface area contributed by atoms with Crippen molar-refractivity contribution in [3.63, 3.8) is 0 Å². The Morgan fingerprint density at radius 3 is 2.58 bits per heavy atom. The lowest BCUT2D eigenvalue weighted by atomic mass is 10.1. The molecule has 0 aliphatic rings. The summed E-state index contributed by atoms with van der Waals surface area (Å²) in [4.78, 5) is 11.4. The first-order valence-electron chi connectivity index (χ1n) is 6.05. The minimum atomic E-state index is -0.415. The van der Waals surface area contributed by atoms with Gasteiger partial charge in [-0.05, 0) is 32.0 Å². The van der Waals surface area contributed by atoms with Crippen molar-refractivity contribution in [1.29, 1.82) is 0 Å². The molecular weight excluding hydrogens is 246 g/mol. The maximum Gasteiger partial charge on any atom is 0.337 e. The largest absolute Gasteiger partial charge is 0.491 e. The van der Waals surface area contributed by atoms with Crippen molar-refractivity contribution in [3.8, 4) is 5.75 Å². The van der Waals surface area contributed by atoms with Crippen LogP contribution in [0.25, 0.3) is 0 Å². The maximum absolute atomic E-state index is 11.4. The van der Waals surface area contributed by atoms with Crippen molar-refractivity contribution in [1.82, 2.24) is 0 Å². The number of hydrogen-bond donors (Lipinski definition) is 1. The molecule has 2 N–H and O–H groups in total. The van der Waals surface area contributed by atoms with Crippen LogP contribution in [0.2, 0.25) is 0 Å². The van der Waals surface area contributed by atoms with E-state index in [0.29, 0.717) is 30.0 Å². The molecule has 0 amide bonds. The van der Waals surface area contributed by atoms with Crippen LogP contribution >= 0.6 is 0 Å². The van der Waals surface area contributed by atoms with Gasteiger partial charge in [0.05, 0.1) is 30.6 Å². The van der Waals surface area contributed by atoms with Gasteiger partial charge in [-0.25, -0.2) is 4.79 Å². The lowest BCUT2D eigenvalue weighted by molar-refractivity contribution is 0.00548. The Morgan fingerprint density at radius 2 is 2.00 bits per heavy atom. The van der Waals surface area contributed by atoms with Gasteiger partial charge in [0.1, 0.15) is 5.75 Å². The van der Waals surface area contributed by atoms with Crippen molar-refractivity contribution in [2.24, 2.45) is 0 Å². The SMILES string of the molecule is COC(=O)c1ccc(N)c(OCCC(C)(C)OC)c1. The van der Waals surface area contributed by atoms with Gasteiger partial charge in [0.25, 0.3) is 0 Å². The molecule has 0 heterocycles. The first kappa shape index (κ1) is 15.3. The van der Waals surface area contributed by atoms with Gasteiger partial charge in [0.15, 0.2) is 0 Å². The van der Waals surface area contributed by atoms with Crippen molar-refractivity contribution in [2.75, 3.05) is 26.6 Å². The molecule has 0 aromatic heterocycles. The summed E-state index contributed by atoms with van der Waals surface area (Å²) in [6.07, 6.45) is 0.714. The number of nitrogen functional groups attached to an aromatic ring is 1. The average molecular weight is 267 g/mol. The van der Waals surface area contributed by atoms with Crippen LogP contribution in [0, 0.1) is 0 Å². The smallest absolute Gasteiger partial charge is 0.337 e. The zero-order chi connectivity index (χ0) is 14.5. The van der Waals surface area contributed by atoms with E-state index in [0.717, 1.165) is 0 Å². The molecule has 0 saturated heterocycles. The van der Waals surface area contributed by atoms with Crippen LogP contribution in [0.5, 0.6) is 5.75 Å². The van der Waals surface area contributed by atoms with Crippen LogP contribution in [0.15, 0.2) is 18.2 Å². The average Bonchev–Trinajstić information content (AvgIpc) is 2.40. The second kappa shape index (κ2) is 6.43. The molecule has 0 saturated carbocycles. The van der Waals surface area contributed by atoms with Crippen LogP contribution < -0.4 is 10.5 Å². The summed E-state index contributed by atoms with van der Waals surface area (Å²) in [5.41, 5.74) is 6.45. The predicted octanol–water partition coefficient (Wildman–Crippen LogP) is 2.25. The number of carbonyl (C=O) groups excluding carboxylic acids is 1. The highest BCUT2D eigenvalue weighted by Gasteiger charge is 2.16. The van der Waals surface area contributed by atoms with Gasteiger partial charge in [-0.2, -0.15) is 0 Å². The number of carbonyl (C=O) groups is 1. The molecule has 0 aliphatic heterocycles. The van der Waals surface area contributed by atoms with E-state index in [1.54, 1.807) is 25.3 Å². The fraction of sp³-hybridized carbons (Fsp3) is 0.500. The highest BCUT2D eigenvalue weighted by Crippen LogP contribution is 2.24. The van der Waals surface area contributed by atoms with E-state index in [4.69, 9.17) is 15.2 Å². The standard InChI is InChI=1S/C14H21NO4/c1-14(2,18-4)7-8-19-12-9-10(13(16)17-3)5-6-11(12)15/h5-6,9H,7-8,15H2,1-4H3. The molecule has 19 heavy (non-hydrogen) atoms. The fourth-order valence-corrected chi connectivity index (χ4v) is 1.41. The third-order valence-corrected chi connectivity index (χ3v) is 2.95. The highest BCUT2D eigenvalue weighted by molar-refractivity contribution is 5.90. The minimum absolute atomic E-state index is 0.255. The van der Waals surface area contributed by atoms with Gasteiger partial charge >= 0.3 is 5.97 Å². The van der Waals surface area contributed by atoms with Crippen LogP contribution in [0.4, 0.5) is 5.69 Å². The van der Waals surface area contributed by atoms with Crippen molar-refractivity contribution < 1.29 is 19.0 Å². The molecule has 0 fully saturated rings. The van der Waals surface area contributed by atoms with Crippen molar-refractivity contribution in [3.05, 3.63) is 23.8 Å². The van der Waals surface area contributed by atoms with Crippen LogP contribution in [0.3, 0.4) is 0 Å². The van der Waals surface area contributed by atoms with E-state index in [1.165, 1.54) is 7.11 Å². The zero-order valence-electron chi connectivity index (χ0n) is 11.9. The lowest BCUT2D eigenvalue weighted by Gasteiger charge is -2.22. The summed E-state index contributed by atoms with van der Waals surface area (Å²) >= 11 is 0. The summed E-state index contributed by atoms with van der Waals surface area (Å²) < 4.78 is 15.5. The molecule has 1 aromatic carbocycles. The zero-order valence-corrected chi connectivity index (χ0v) is 11.9.